The third kappa shape index (κ3) is 78.2. The molecule has 0 aromatic rings. The summed E-state index contributed by atoms with van der Waals surface area (Å²) in [5.74, 6) is 0. The van der Waals surface area contributed by atoms with Gasteiger partial charge in [0.05, 0.1) is 0 Å². The molecule has 50 valence electrons. The first kappa shape index (κ1) is 47.1. The molecule has 0 aliphatic rings. The summed E-state index contributed by atoms with van der Waals surface area (Å²) in [5.41, 5.74) is 0. The normalized spacial score (nSPS) is 1.50. The number of rotatable bonds is 0. The first-order chi connectivity index (χ1) is 1.41. The number of hydrogen-bond acceptors (Lipinski definition) is 2. The first-order valence-corrected chi connectivity index (χ1v) is 0.333. The number of hydrogen-bond donors (Lipinski definition) is 0. The summed E-state index contributed by atoms with van der Waals surface area (Å²) in [6.07, 6.45) is 0. The zero-order valence-corrected chi connectivity index (χ0v) is 8.06. The van der Waals surface area contributed by atoms with Crippen molar-refractivity contribution in [1.82, 2.24) is 0 Å². The van der Waals surface area contributed by atoms with Crippen molar-refractivity contribution < 1.29 is 120 Å². The molecule has 0 bridgehead atoms. The van der Waals surface area contributed by atoms with E-state index in [1.807, 2.05) is 0 Å². The van der Waals surface area contributed by atoms with Gasteiger partial charge in [0.25, 0.3) is 0 Å². The zero-order chi connectivity index (χ0) is 2.71. The Balaban J connectivity index is -0.00000000200. The maximum Gasteiger partial charge on any atom is 3.00 e. The van der Waals surface area contributed by atoms with E-state index in [0.29, 0.717) is 0 Å². The van der Waals surface area contributed by atoms with E-state index in [0.717, 1.165) is 0 Å². The van der Waals surface area contributed by atoms with Crippen molar-refractivity contribution in [2.45, 2.75) is 0 Å². The van der Waals surface area contributed by atoms with Crippen LogP contribution in [0.15, 0.2) is 0 Å². The van der Waals surface area contributed by atoms with Gasteiger partial charge in [-0.05, 0) is 0 Å². The second-order valence-electron chi connectivity index (χ2n) is 0.0680. The van der Waals surface area contributed by atoms with Crippen LogP contribution < -0.4 is 5.26 Å². The fraction of sp³-hybridized carbons (Fsp3) is 0. The summed E-state index contributed by atoms with van der Waals surface area (Å²) in [7, 11) is 0. The Morgan fingerprint density at radius 1 is 1.00 bits per heavy atom. The van der Waals surface area contributed by atoms with Crippen LogP contribution in [0.2, 0.25) is 0 Å². The molecule has 6 nitrogen and oxygen atoms in total. The monoisotopic (exact) mass is 402 g/mol. The second-order valence-corrected chi connectivity index (χ2v) is 0.0680. The molecular formula is Eu2O6. The van der Waals surface area contributed by atoms with Crippen molar-refractivity contribution in [3.63, 3.8) is 0 Å². The average molecular weight is 400 g/mol. The van der Waals surface area contributed by atoms with Crippen LogP contribution in [0.5, 0.6) is 0 Å². The van der Waals surface area contributed by atoms with Gasteiger partial charge < -0.3 is 16.4 Å². The van der Waals surface area contributed by atoms with Gasteiger partial charge in [0, 0.05) is 0 Å². The van der Waals surface area contributed by atoms with Crippen LogP contribution in [0.4, 0.5) is 0 Å². The standard InChI is InChI=1S/2Eu.O3.3O/c;;1-3-2;;;/q2*+3;;3*-2. The van der Waals surface area contributed by atoms with Gasteiger partial charge in [0.1, 0.15) is 0 Å². The van der Waals surface area contributed by atoms with Crippen LogP contribution >= 0.6 is 0 Å². The maximum absolute atomic E-state index is 7.88. The maximum atomic E-state index is 7.88. The molecule has 0 fully saturated rings. The first-order valence-electron chi connectivity index (χ1n) is 0.333. The van der Waals surface area contributed by atoms with Crippen LogP contribution in [0, 0.1) is 108 Å². The van der Waals surface area contributed by atoms with Crippen LogP contribution in [0.3, 0.4) is 0 Å². The van der Waals surface area contributed by atoms with Gasteiger partial charge in [-0.25, -0.2) is 0 Å². The molecule has 0 aromatic carbocycles. The van der Waals surface area contributed by atoms with E-state index in [-0.39, 0.29) is 115 Å². The molecule has 8 heteroatoms. The largest absolute Gasteiger partial charge is 3.00 e. The van der Waals surface area contributed by atoms with Gasteiger partial charge in [-0.3, -0.25) is 0 Å². The topological polar surface area (TPSA) is 137 Å². The Hall–Kier alpha value is 2.45. The Labute approximate surface area is 127 Å². The van der Waals surface area contributed by atoms with E-state index in [9.17, 15) is 0 Å². The van der Waals surface area contributed by atoms with Gasteiger partial charge >= 0.3 is 98.8 Å². The summed E-state index contributed by atoms with van der Waals surface area (Å²) in [6, 6.07) is 0. The van der Waals surface area contributed by atoms with E-state index >= 15 is 0 Å². The van der Waals surface area contributed by atoms with E-state index in [1.165, 1.54) is 0 Å². The SMILES string of the molecule is O=[O+][O-].[Eu+3].[Eu+3].[O-2].[O-2].[O-2]. The Bertz CT molecular complexity index is 14.0. The van der Waals surface area contributed by atoms with Crippen molar-refractivity contribution in [3.8, 4) is 0 Å². The van der Waals surface area contributed by atoms with Crippen LogP contribution in [-0.2, 0) is 16.4 Å². The Morgan fingerprint density at radius 2 is 1.00 bits per heavy atom. The summed E-state index contributed by atoms with van der Waals surface area (Å²) in [4.78, 5) is 7.88. The molecule has 0 saturated heterocycles. The summed E-state index contributed by atoms with van der Waals surface area (Å²) < 4.78 is 1.75. The molecule has 0 aliphatic heterocycles. The Morgan fingerprint density at radius 3 is 1.00 bits per heavy atom. The molecule has 0 heterocycles. The average Bonchev–Trinajstić information content (AvgIpc) is 0.918. The van der Waals surface area contributed by atoms with Crippen LogP contribution in [0.25, 0.3) is 0 Å². The molecule has 0 N–H and O–H groups in total. The fourth-order valence-corrected chi connectivity index (χ4v) is 0. The molecule has 0 radical (unpaired) electrons. The second kappa shape index (κ2) is 56.7. The minimum atomic E-state index is 0. The molecule has 0 unspecified atom stereocenters. The van der Waals surface area contributed by atoms with Gasteiger partial charge in [-0.2, -0.15) is 0 Å². The molecule has 0 atom stereocenters. The summed E-state index contributed by atoms with van der Waals surface area (Å²) in [6.45, 7) is 0. The van der Waals surface area contributed by atoms with Crippen molar-refractivity contribution >= 4 is 0 Å². The molecule has 0 spiro atoms. The zero-order valence-electron chi connectivity index (χ0n) is 3.21. The van der Waals surface area contributed by atoms with Gasteiger partial charge in [-0.15, -0.1) is 0 Å². The van der Waals surface area contributed by atoms with Crippen molar-refractivity contribution in [1.29, 1.82) is 0 Å². The molecule has 0 rings (SSSR count). The van der Waals surface area contributed by atoms with E-state index in [4.69, 9.17) is 10.2 Å². The van der Waals surface area contributed by atoms with E-state index in [1.54, 1.807) is 4.75 Å². The fourth-order valence-electron chi connectivity index (χ4n) is 0. The van der Waals surface area contributed by atoms with Crippen molar-refractivity contribution in [2.24, 2.45) is 0 Å². The quantitative estimate of drug-likeness (QED) is 0.279. The summed E-state index contributed by atoms with van der Waals surface area (Å²) in [5, 5.41) is 7.88. The van der Waals surface area contributed by atoms with Gasteiger partial charge in [0.2, 0.25) is 0 Å². The minimum absolute atomic E-state index is 0. The predicted molar refractivity (Wildman–Crippen MR) is 8.79 cm³/mol. The predicted octanol–water partition coefficient (Wildman–Crippen LogP) is -1.48. The van der Waals surface area contributed by atoms with Crippen LogP contribution in [0.1, 0.15) is 0 Å². The molecular weight excluding hydrogens is 400 g/mol. The third-order valence-corrected chi connectivity index (χ3v) is 0. The summed E-state index contributed by atoms with van der Waals surface area (Å²) >= 11 is 0. The van der Waals surface area contributed by atoms with Crippen LogP contribution in [-0.4, -0.2) is 0 Å². The molecule has 0 aliphatic carbocycles. The van der Waals surface area contributed by atoms with Crippen molar-refractivity contribution in [3.05, 3.63) is 9.71 Å². The van der Waals surface area contributed by atoms with E-state index < -0.39 is 0 Å². The Kier molecular flexibility index (Phi) is 334. The molecule has 0 saturated carbocycles. The third-order valence-electron chi connectivity index (χ3n) is 0. The smallest absolute Gasteiger partial charge is 2.00 e. The van der Waals surface area contributed by atoms with Gasteiger partial charge in [-0.1, -0.05) is 10.2 Å². The molecule has 8 heavy (non-hydrogen) atoms. The molecule has 0 aromatic heterocycles. The minimum Gasteiger partial charge on any atom is -2.00 e. The van der Waals surface area contributed by atoms with E-state index in [2.05, 4.69) is 0 Å². The molecule has 0 amide bonds. The van der Waals surface area contributed by atoms with Crippen molar-refractivity contribution in [2.75, 3.05) is 0 Å². The van der Waals surface area contributed by atoms with Gasteiger partial charge in [0.15, 0.2) is 4.75 Å².